The number of nitrogens with two attached hydrogens (primary N) is 1. The molecular weight excluding hydrogens is 797 g/mol. The van der Waals surface area contributed by atoms with Gasteiger partial charge in [0.1, 0.15) is 0 Å². The zero-order valence-corrected chi connectivity index (χ0v) is 33.0. The van der Waals surface area contributed by atoms with E-state index in [0.29, 0.717) is 86.0 Å². The minimum atomic E-state index is -3.65. The van der Waals surface area contributed by atoms with Gasteiger partial charge in [-0.1, -0.05) is 36.4 Å². The average molecular weight is 840 g/mol. The first kappa shape index (κ1) is 42.4. The van der Waals surface area contributed by atoms with Crippen LogP contribution in [0.2, 0.25) is 0 Å². The van der Waals surface area contributed by atoms with E-state index >= 15 is 0 Å². The zero-order chi connectivity index (χ0) is 41.1. The minimum Gasteiger partial charge on any atom is -0.415 e. The number of carbonyl (C=O) groups excluding carboxylic acids is 1. The van der Waals surface area contributed by atoms with Gasteiger partial charge in [0.2, 0.25) is 25.9 Å². The first-order chi connectivity index (χ1) is 28.0. The van der Waals surface area contributed by atoms with Gasteiger partial charge in [-0.05, 0) is 74.2 Å². The summed E-state index contributed by atoms with van der Waals surface area (Å²) >= 11 is 0. The van der Waals surface area contributed by atoms with Gasteiger partial charge in [-0.15, -0.1) is 10.2 Å². The number of carbonyl (C=O) groups is 1. The van der Waals surface area contributed by atoms with Gasteiger partial charge in [-0.2, -0.15) is 8.78 Å². The largest absolute Gasteiger partial charge is 0.415 e. The maximum absolute atomic E-state index is 13.4. The van der Waals surface area contributed by atoms with Crippen LogP contribution in [0.3, 0.4) is 0 Å². The molecule has 308 valence electrons. The fourth-order valence-corrected chi connectivity index (χ4v) is 10.1. The average Bonchev–Trinajstić information content (AvgIpc) is 3.77. The molecule has 3 aromatic heterocycles. The number of Topliss-reactive ketones (excluding diaryl/α,β-unsaturated/α-hetero) is 1. The number of benzene rings is 2. The molecule has 0 bridgehead atoms. The molecule has 2 aliphatic rings. The number of aromatic nitrogens is 4. The summed E-state index contributed by atoms with van der Waals surface area (Å²) < 4.78 is 96.9. The van der Waals surface area contributed by atoms with Gasteiger partial charge in [0.05, 0.1) is 58.5 Å². The molecule has 2 aliphatic heterocycles. The number of para-hydroxylation sites is 2. The summed E-state index contributed by atoms with van der Waals surface area (Å²) in [5, 5.41) is 5.87. The SMILES string of the molecule is NCC(=O)c1ccc(CN(c2ccccc2)S(=O)(=O)C2CCOCC2)nc1.O=S(=O)(C1CCOCC1)N(Cc1ccc(-c2nnc(C(F)F)o2)cn1)c1ccccc1. The summed E-state index contributed by atoms with van der Waals surface area (Å²) in [5.41, 5.74) is 8.31. The summed E-state index contributed by atoms with van der Waals surface area (Å²) in [6, 6.07) is 24.3. The van der Waals surface area contributed by atoms with Crippen LogP contribution in [0.15, 0.2) is 102 Å². The maximum Gasteiger partial charge on any atom is 0.314 e. The van der Waals surface area contributed by atoms with Crippen LogP contribution in [0.4, 0.5) is 20.2 Å². The topological polar surface area (TPSA) is 201 Å². The van der Waals surface area contributed by atoms with Crippen LogP contribution < -0.4 is 14.3 Å². The molecule has 5 heterocycles. The van der Waals surface area contributed by atoms with Crippen molar-refractivity contribution in [1.29, 1.82) is 0 Å². The Hall–Kier alpha value is -5.21. The van der Waals surface area contributed by atoms with Crippen LogP contribution >= 0.6 is 0 Å². The van der Waals surface area contributed by atoms with E-state index in [0.717, 1.165) is 0 Å². The van der Waals surface area contributed by atoms with Crippen molar-refractivity contribution in [3.63, 3.8) is 0 Å². The Kier molecular flexibility index (Phi) is 14.2. The molecule has 0 aliphatic carbocycles. The van der Waals surface area contributed by atoms with Gasteiger partial charge >= 0.3 is 6.43 Å². The summed E-state index contributed by atoms with van der Waals surface area (Å²) in [6.07, 6.45) is 1.79. The maximum atomic E-state index is 13.4. The number of ether oxygens (including phenoxy) is 2. The standard InChI is InChI=1S/C20H20F2N4O4S.C19H23N3O4S/c21-18(22)20-25-24-19(30-20)14-6-7-15(23-12-14)13-26(16-4-2-1-3-5-16)31(27,28)17-8-10-29-11-9-17;20-12-19(23)15-6-7-16(21-13-15)14-22(17-4-2-1-3-5-17)27(24,25)18-8-10-26-11-9-18/h1-7,12,17-18H,8-11,13H2;1-7,13,18H,8-12,14,20H2. The van der Waals surface area contributed by atoms with Gasteiger partial charge in [-0.3, -0.25) is 23.4 Å². The molecule has 0 saturated carbocycles. The van der Waals surface area contributed by atoms with Crippen LogP contribution in [0, 0.1) is 0 Å². The lowest BCUT2D eigenvalue weighted by molar-refractivity contribution is 0.0982. The van der Waals surface area contributed by atoms with Crippen molar-refractivity contribution >= 4 is 37.2 Å². The van der Waals surface area contributed by atoms with Crippen molar-refractivity contribution in [1.82, 2.24) is 20.2 Å². The van der Waals surface area contributed by atoms with E-state index in [9.17, 15) is 30.4 Å². The lowest BCUT2D eigenvalue weighted by Crippen LogP contribution is -2.41. The number of pyridine rings is 2. The second-order valence-electron chi connectivity index (χ2n) is 13.3. The predicted molar refractivity (Wildman–Crippen MR) is 211 cm³/mol. The monoisotopic (exact) mass is 839 g/mol. The van der Waals surface area contributed by atoms with Crippen LogP contribution in [0.25, 0.3) is 11.5 Å². The molecule has 5 aromatic rings. The van der Waals surface area contributed by atoms with E-state index in [1.165, 1.54) is 21.0 Å². The normalized spacial score (nSPS) is 15.4. The fourth-order valence-electron chi connectivity index (χ4n) is 6.33. The van der Waals surface area contributed by atoms with Crippen molar-refractivity contribution in [2.45, 2.75) is 55.7 Å². The van der Waals surface area contributed by atoms with Crippen LogP contribution in [0.5, 0.6) is 0 Å². The van der Waals surface area contributed by atoms with Crippen molar-refractivity contribution in [3.05, 3.63) is 120 Å². The van der Waals surface area contributed by atoms with Gasteiger partial charge < -0.3 is 19.6 Å². The number of anilines is 2. The molecule has 58 heavy (non-hydrogen) atoms. The number of rotatable bonds is 14. The molecule has 7 rings (SSSR count). The molecule has 15 nitrogen and oxygen atoms in total. The second-order valence-corrected chi connectivity index (χ2v) is 17.6. The number of nitrogens with zero attached hydrogens (tertiary/aromatic N) is 6. The molecule has 0 unspecified atom stereocenters. The molecule has 19 heteroatoms. The zero-order valence-electron chi connectivity index (χ0n) is 31.3. The molecule has 2 fully saturated rings. The van der Waals surface area contributed by atoms with Crippen molar-refractivity contribution in [3.8, 4) is 11.5 Å². The number of halogens is 2. The van der Waals surface area contributed by atoms with Crippen molar-refractivity contribution in [2.24, 2.45) is 5.73 Å². The van der Waals surface area contributed by atoms with Crippen molar-refractivity contribution < 1.29 is 44.3 Å². The second kappa shape index (κ2) is 19.5. The van der Waals surface area contributed by atoms with Gasteiger partial charge in [0.15, 0.2) is 5.78 Å². The highest BCUT2D eigenvalue weighted by Crippen LogP contribution is 2.29. The lowest BCUT2D eigenvalue weighted by atomic mass is 10.2. The third-order valence-electron chi connectivity index (χ3n) is 9.52. The Morgan fingerprint density at radius 1 is 0.690 bits per heavy atom. The molecular formula is C39H43F2N7O8S2. The van der Waals surface area contributed by atoms with Gasteiger partial charge in [-0.25, -0.2) is 16.8 Å². The Morgan fingerprint density at radius 2 is 1.17 bits per heavy atom. The smallest absolute Gasteiger partial charge is 0.314 e. The summed E-state index contributed by atoms with van der Waals surface area (Å²) in [7, 11) is -7.23. The Bertz CT molecular complexity index is 2290. The van der Waals surface area contributed by atoms with E-state index < -0.39 is 42.9 Å². The van der Waals surface area contributed by atoms with Crippen LogP contribution in [-0.4, -0.2) is 86.3 Å². The van der Waals surface area contributed by atoms with E-state index in [-0.39, 0.29) is 31.3 Å². The fraction of sp³-hybridized carbons (Fsp3) is 0.359. The van der Waals surface area contributed by atoms with E-state index in [2.05, 4.69) is 20.2 Å². The molecule has 2 N–H and O–H groups in total. The highest BCUT2D eigenvalue weighted by atomic mass is 32.2. The third-order valence-corrected chi connectivity index (χ3v) is 14.1. The first-order valence-electron chi connectivity index (χ1n) is 18.5. The Balaban J connectivity index is 0.000000198. The third kappa shape index (κ3) is 10.4. The van der Waals surface area contributed by atoms with E-state index in [1.54, 1.807) is 72.8 Å². The number of alkyl halides is 2. The van der Waals surface area contributed by atoms with Crippen LogP contribution in [-0.2, 0) is 42.6 Å². The minimum absolute atomic E-state index is 0.0239. The summed E-state index contributed by atoms with van der Waals surface area (Å²) in [6.45, 7) is 1.74. The van der Waals surface area contributed by atoms with Crippen LogP contribution in [0.1, 0.15) is 59.7 Å². The Morgan fingerprint density at radius 3 is 1.57 bits per heavy atom. The van der Waals surface area contributed by atoms with E-state index in [4.69, 9.17) is 19.6 Å². The Labute approximate surface area is 335 Å². The highest BCUT2D eigenvalue weighted by Gasteiger charge is 2.35. The number of ketones is 1. The number of hydrogen-bond acceptors (Lipinski definition) is 13. The lowest BCUT2D eigenvalue weighted by Gasteiger charge is -2.31. The molecule has 2 saturated heterocycles. The first-order valence-corrected chi connectivity index (χ1v) is 21.5. The number of sulfonamides is 2. The quantitative estimate of drug-likeness (QED) is 0.141. The summed E-state index contributed by atoms with van der Waals surface area (Å²) in [5.74, 6) is -1.05. The summed E-state index contributed by atoms with van der Waals surface area (Å²) in [4.78, 5) is 20.2. The number of hydrogen-bond donors (Lipinski definition) is 1. The molecule has 0 amide bonds. The molecule has 0 spiro atoms. The highest BCUT2D eigenvalue weighted by molar-refractivity contribution is 7.93. The predicted octanol–water partition coefficient (Wildman–Crippen LogP) is 5.32. The molecule has 2 aromatic carbocycles. The molecule has 0 radical (unpaired) electrons. The van der Waals surface area contributed by atoms with Crippen molar-refractivity contribution in [2.75, 3.05) is 41.6 Å². The molecule has 0 atom stereocenters. The van der Waals surface area contributed by atoms with E-state index in [1.807, 2.05) is 12.1 Å². The van der Waals surface area contributed by atoms with Gasteiger partial charge in [0.25, 0.3) is 5.89 Å². The van der Waals surface area contributed by atoms with Gasteiger partial charge in [0, 0.05) is 44.4 Å².